The number of aromatic amines is 2. The molecule has 0 radical (unpaired) electrons. The van der Waals surface area contributed by atoms with Crippen molar-refractivity contribution in [3.05, 3.63) is 65.4 Å². The van der Waals surface area contributed by atoms with Crippen LogP contribution in [0.1, 0.15) is 24.8 Å². The van der Waals surface area contributed by atoms with E-state index < -0.39 is 0 Å². The summed E-state index contributed by atoms with van der Waals surface area (Å²) in [5.74, 6) is 0.681. The molecule has 0 aliphatic carbocycles. The average Bonchev–Trinajstić information content (AvgIpc) is 3.68. The van der Waals surface area contributed by atoms with E-state index in [-0.39, 0.29) is 0 Å². The van der Waals surface area contributed by atoms with Crippen molar-refractivity contribution in [2.24, 2.45) is 0 Å². The number of pyridine rings is 3. The van der Waals surface area contributed by atoms with E-state index in [4.69, 9.17) is 9.97 Å². The summed E-state index contributed by atoms with van der Waals surface area (Å²) < 4.78 is 0. The van der Waals surface area contributed by atoms with E-state index in [9.17, 15) is 0 Å². The van der Waals surface area contributed by atoms with Crippen LogP contribution in [0, 0.1) is 0 Å². The minimum atomic E-state index is 0.675. The highest BCUT2D eigenvalue weighted by molar-refractivity contribution is 7.08. The fraction of sp³-hybridized carbons (Fsp3) is 0.222. The molecule has 1 saturated heterocycles. The fourth-order valence-electron chi connectivity index (χ4n) is 5.03. The molecule has 0 atom stereocenters. The summed E-state index contributed by atoms with van der Waals surface area (Å²) in [7, 11) is 0. The highest BCUT2D eigenvalue weighted by Gasteiger charge is 2.17. The Kier molecular flexibility index (Phi) is 5.29. The predicted octanol–water partition coefficient (Wildman–Crippen LogP) is 5.67. The van der Waals surface area contributed by atoms with Crippen LogP contribution in [-0.4, -0.2) is 53.1 Å². The van der Waals surface area contributed by atoms with Gasteiger partial charge in [0.25, 0.3) is 0 Å². The minimum Gasteiger partial charge on any atom is -0.335 e. The monoisotopic (exact) mass is 492 g/mol. The molecule has 1 aliphatic rings. The Morgan fingerprint density at radius 1 is 0.972 bits per heavy atom. The van der Waals surface area contributed by atoms with Crippen LogP contribution in [0.5, 0.6) is 0 Å². The number of hydrogen-bond donors (Lipinski definition) is 2. The summed E-state index contributed by atoms with van der Waals surface area (Å²) >= 11 is 1.67. The Morgan fingerprint density at radius 3 is 2.81 bits per heavy atom. The molecule has 7 heterocycles. The van der Waals surface area contributed by atoms with Crippen LogP contribution in [0.3, 0.4) is 0 Å². The molecule has 6 aromatic rings. The lowest BCUT2D eigenvalue weighted by molar-refractivity contribution is 0.220. The van der Waals surface area contributed by atoms with E-state index in [1.807, 2.05) is 24.7 Å². The van der Waals surface area contributed by atoms with Gasteiger partial charge in [0.2, 0.25) is 0 Å². The van der Waals surface area contributed by atoms with E-state index in [1.165, 1.54) is 24.8 Å². The molecule has 1 aliphatic heterocycles. The van der Waals surface area contributed by atoms with Gasteiger partial charge in [0.05, 0.1) is 22.9 Å². The summed E-state index contributed by atoms with van der Waals surface area (Å²) in [5, 5.41) is 12.8. The van der Waals surface area contributed by atoms with E-state index in [0.717, 1.165) is 64.1 Å². The lowest BCUT2D eigenvalue weighted by Gasteiger charge is -2.26. The first-order chi connectivity index (χ1) is 17.8. The molecule has 0 spiro atoms. The van der Waals surface area contributed by atoms with Gasteiger partial charge in [-0.2, -0.15) is 16.4 Å². The van der Waals surface area contributed by atoms with Gasteiger partial charge < -0.3 is 4.98 Å². The summed E-state index contributed by atoms with van der Waals surface area (Å²) in [6.45, 7) is 3.25. The fourth-order valence-corrected chi connectivity index (χ4v) is 5.68. The summed E-state index contributed by atoms with van der Waals surface area (Å²) in [6, 6.07) is 8.39. The summed E-state index contributed by atoms with van der Waals surface area (Å²) in [4.78, 5) is 24.5. The number of nitrogens with one attached hydrogen (secondary N) is 2. The number of H-pyrrole nitrogens is 2. The van der Waals surface area contributed by atoms with Crippen molar-refractivity contribution < 1.29 is 0 Å². The molecule has 178 valence electrons. The van der Waals surface area contributed by atoms with Crippen LogP contribution < -0.4 is 0 Å². The Hall–Kier alpha value is -3.95. The predicted molar refractivity (Wildman–Crippen MR) is 142 cm³/mol. The van der Waals surface area contributed by atoms with Gasteiger partial charge >= 0.3 is 0 Å². The number of piperidine rings is 1. The van der Waals surface area contributed by atoms with Crippen LogP contribution in [-0.2, 0) is 6.54 Å². The van der Waals surface area contributed by atoms with Crippen LogP contribution in [0.4, 0.5) is 0 Å². The van der Waals surface area contributed by atoms with Gasteiger partial charge in [-0.3, -0.25) is 20.0 Å². The number of imidazole rings is 1. The second-order valence-corrected chi connectivity index (χ2v) is 10.0. The smallest absolute Gasteiger partial charge is 0.178 e. The van der Waals surface area contributed by atoms with Gasteiger partial charge in [0.1, 0.15) is 5.69 Å². The molecule has 0 aromatic carbocycles. The number of nitrogens with zero attached hydrogens (tertiary/aromatic N) is 6. The zero-order valence-corrected chi connectivity index (χ0v) is 20.4. The molecule has 0 amide bonds. The van der Waals surface area contributed by atoms with Crippen LogP contribution >= 0.6 is 11.3 Å². The summed E-state index contributed by atoms with van der Waals surface area (Å²) in [6.07, 6.45) is 11.4. The van der Waals surface area contributed by atoms with Crippen LogP contribution in [0.2, 0.25) is 0 Å². The minimum absolute atomic E-state index is 0.675. The molecule has 8 nitrogen and oxygen atoms in total. The van der Waals surface area contributed by atoms with Gasteiger partial charge in [-0.25, -0.2) is 9.97 Å². The molecule has 36 heavy (non-hydrogen) atoms. The van der Waals surface area contributed by atoms with Gasteiger partial charge in [-0.15, -0.1) is 0 Å². The maximum absolute atomic E-state index is 4.77. The lowest BCUT2D eigenvalue weighted by atomic mass is 10.1. The third-order valence-electron chi connectivity index (χ3n) is 6.84. The number of aromatic nitrogens is 7. The number of thiophene rings is 1. The summed E-state index contributed by atoms with van der Waals surface area (Å²) in [5.41, 5.74) is 8.51. The topological polar surface area (TPSA) is 99.3 Å². The number of likely N-dealkylation sites (tertiary alicyclic amines) is 1. The van der Waals surface area contributed by atoms with Crippen molar-refractivity contribution >= 4 is 33.4 Å². The third-order valence-corrected chi connectivity index (χ3v) is 7.52. The molecule has 0 saturated carbocycles. The maximum Gasteiger partial charge on any atom is 0.178 e. The molecule has 0 bridgehead atoms. The highest BCUT2D eigenvalue weighted by Crippen LogP contribution is 2.32. The van der Waals surface area contributed by atoms with Crippen molar-refractivity contribution in [2.75, 3.05) is 13.1 Å². The quantitative estimate of drug-likeness (QED) is 0.322. The van der Waals surface area contributed by atoms with Gasteiger partial charge in [-0.05, 0) is 72.1 Å². The molecular formula is C27H24N8S. The van der Waals surface area contributed by atoms with E-state index in [1.54, 1.807) is 17.5 Å². The van der Waals surface area contributed by atoms with E-state index in [2.05, 4.69) is 59.0 Å². The maximum atomic E-state index is 4.77. The Labute approximate surface area is 211 Å². The molecule has 7 rings (SSSR count). The van der Waals surface area contributed by atoms with Crippen LogP contribution in [0.25, 0.3) is 56.0 Å². The largest absolute Gasteiger partial charge is 0.335 e. The Balaban J connectivity index is 1.26. The molecule has 2 N–H and O–H groups in total. The molecule has 6 aromatic heterocycles. The Bertz CT molecular complexity index is 1660. The highest BCUT2D eigenvalue weighted by atomic mass is 32.1. The second-order valence-electron chi connectivity index (χ2n) is 9.26. The van der Waals surface area contributed by atoms with Gasteiger partial charge in [0.15, 0.2) is 11.5 Å². The molecule has 9 heteroatoms. The van der Waals surface area contributed by atoms with Crippen molar-refractivity contribution in [1.29, 1.82) is 0 Å². The molecule has 0 unspecified atom stereocenters. The van der Waals surface area contributed by atoms with Gasteiger partial charge in [-0.1, -0.05) is 6.42 Å². The van der Waals surface area contributed by atoms with Crippen LogP contribution in [0.15, 0.2) is 59.8 Å². The first-order valence-corrected chi connectivity index (χ1v) is 13.1. The standard InChI is InChI=1S/C27H24N8S/c1-2-7-35(8-3-1)15-17-10-19(13-28-12-17)22-11-21-23(14-30-22)33-34-25(21)27-31-24-20(18-5-9-36-16-18)4-6-29-26(24)32-27/h4-6,9-14,16H,1-3,7-8,15H2,(H,33,34)(H,29,31,32). The van der Waals surface area contributed by atoms with E-state index >= 15 is 0 Å². The zero-order valence-electron chi connectivity index (χ0n) is 19.6. The second kappa shape index (κ2) is 8.92. The first-order valence-electron chi connectivity index (χ1n) is 12.2. The molecule has 1 fully saturated rings. The number of hydrogen-bond acceptors (Lipinski definition) is 7. The van der Waals surface area contributed by atoms with Crippen molar-refractivity contribution in [3.8, 4) is 33.9 Å². The van der Waals surface area contributed by atoms with Crippen molar-refractivity contribution in [3.63, 3.8) is 0 Å². The number of rotatable bonds is 5. The SMILES string of the molecule is c1cc(-c2ccsc2)c2[nH]c(-c3n[nH]c4cnc(-c5cncc(CN6CCCCC6)c5)cc34)nc2n1. The Morgan fingerprint density at radius 2 is 1.92 bits per heavy atom. The average molecular weight is 493 g/mol. The normalized spacial score (nSPS) is 14.7. The van der Waals surface area contributed by atoms with Crippen molar-refractivity contribution in [2.45, 2.75) is 25.8 Å². The zero-order chi connectivity index (χ0) is 23.9. The third kappa shape index (κ3) is 3.86. The first kappa shape index (κ1) is 21.3. The molecular weight excluding hydrogens is 468 g/mol. The lowest BCUT2D eigenvalue weighted by Crippen LogP contribution is -2.29. The van der Waals surface area contributed by atoms with E-state index in [0.29, 0.717) is 11.5 Å². The van der Waals surface area contributed by atoms with Gasteiger partial charge in [0, 0.05) is 41.6 Å². The van der Waals surface area contributed by atoms with Crippen molar-refractivity contribution in [1.82, 2.24) is 40.0 Å². The number of fused-ring (bicyclic) bond motifs is 2.